The van der Waals surface area contributed by atoms with Crippen molar-refractivity contribution in [1.82, 2.24) is 4.90 Å². The molecule has 4 nitrogen and oxygen atoms in total. The van der Waals surface area contributed by atoms with Crippen LogP contribution in [-0.4, -0.2) is 23.0 Å². The number of carbonyl (C=O) groups is 1. The third kappa shape index (κ3) is 3.98. The van der Waals surface area contributed by atoms with E-state index in [0.29, 0.717) is 23.2 Å². The molecule has 1 heterocycles. The fourth-order valence-corrected chi connectivity index (χ4v) is 3.58. The maximum Gasteiger partial charge on any atom is 0.276 e. The van der Waals surface area contributed by atoms with Gasteiger partial charge in [-0.15, -0.1) is 0 Å². The molecular weight excluding hydrogens is 392 g/mol. The van der Waals surface area contributed by atoms with Gasteiger partial charge in [0.1, 0.15) is 18.1 Å². The van der Waals surface area contributed by atoms with E-state index >= 15 is 0 Å². The second-order valence-electron chi connectivity index (χ2n) is 7.16. The van der Waals surface area contributed by atoms with Crippen molar-refractivity contribution in [3.05, 3.63) is 101 Å². The minimum Gasteiger partial charge on any atom is -0.488 e. The van der Waals surface area contributed by atoms with Gasteiger partial charge in [0, 0.05) is 18.3 Å². The number of anilines is 1. The van der Waals surface area contributed by atoms with Crippen molar-refractivity contribution in [2.75, 3.05) is 11.9 Å². The molecule has 0 radical (unpaired) electrons. The highest BCUT2D eigenvalue weighted by atomic mass is 32.1. The van der Waals surface area contributed by atoms with Gasteiger partial charge in [0.15, 0.2) is 5.11 Å². The predicted molar refractivity (Wildman–Crippen MR) is 124 cm³/mol. The molecule has 1 aliphatic heterocycles. The van der Waals surface area contributed by atoms with Gasteiger partial charge in [-0.05, 0) is 49.0 Å². The summed E-state index contributed by atoms with van der Waals surface area (Å²) in [6.45, 7) is 2.48. The Hall–Kier alpha value is -3.44. The Labute approximate surface area is 182 Å². The van der Waals surface area contributed by atoms with Crippen molar-refractivity contribution in [3.63, 3.8) is 0 Å². The Balaban J connectivity index is 1.69. The summed E-state index contributed by atoms with van der Waals surface area (Å²) in [5.41, 5.74) is 4.42. The average molecular weight is 415 g/mol. The van der Waals surface area contributed by atoms with Gasteiger partial charge in [0.2, 0.25) is 0 Å². The van der Waals surface area contributed by atoms with E-state index in [0.717, 1.165) is 22.4 Å². The minimum atomic E-state index is -0.140. The molecule has 1 fully saturated rings. The zero-order valence-corrected chi connectivity index (χ0v) is 17.7. The third-order valence-electron chi connectivity index (χ3n) is 4.98. The summed E-state index contributed by atoms with van der Waals surface area (Å²) >= 11 is 5.56. The van der Waals surface area contributed by atoms with Gasteiger partial charge >= 0.3 is 0 Å². The second kappa shape index (κ2) is 8.51. The molecule has 0 bridgehead atoms. The van der Waals surface area contributed by atoms with Gasteiger partial charge in [-0.25, -0.2) is 0 Å². The third-order valence-corrected chi connectivity index (χ3v) is 5.44. The summed E-state index contributed by atoms with van der Waals surface area (Å²) in [6.07, 6.45) is 1.85. The van der Waals surface area contributed by atoms with Crippen LogP contribution in [0.25, 0.3) is 6.08 Å². The van der Waals surface area contributed by atoms with Gasteiger partial charge in [-0.3, -0.25) is 14.6 Å². The fraction of sp³-hybridized carbons (Fsp3) is 0.120. The smallest absolute Gasteiger partial charge is 0.276 e. The van der Waals surface area contributed by atoms with E-state index < -0.39 is 0 Å². The standard InChI is InChI=1S/C25H22N2O2S/c1-18-12-14-21(15-13-18)27-22(24(28)26(2)25(27)30)16-20-10-6-7-11-23(20)29-17-19-8-4-3-5-9-19/h3-16H,17H2,1-2H3. The molecule has 4 rings (SSSR count). The Morgan fingerprint density at radius 2 is 1.60 bits per heavy atom. The first kappa shape index (κ1) is 19.9. The first-order valence-electron chi connectivity index (χ1n) is 9.71. The molecule has 3 aromatic rings. The first-order chi connectivity index (χ1) is 14.5. The van der Waals surface area contributed by atoms with Crippen molar-refractivity contribution in [1.29, 1.82) is 0 Å². The van der Waals surface area contributed by atoms with E-state index in [2.05, 4.69) is 0 Å². The van der Waals surface area contributed by atoms with Crippen LogP contribution in [0, 0.1) is 6.92 Å². The number of aryl methyl sites for hydroxylation is 1. The summed E-state index contributed by atoms with van der Waals surface area (Å²) in [6, 6.07) is 25.7. The van der Waals surface area contributed by atoms with Crippen LogP contribution in [0.15, 0.2) is 84.6 Å². The molecule has 30 heavy (non-hydrogen) atoms. The molecule has 1 amide bonds. The maximum atomic E-state index is 12.9. The van der Waals surface area contributed by atoms with Gasteiger partial charge in [-0.2, -0.15) is 0 Å². The molecule has 150 valence electrons. The first-order valence-corrected chi connectivity index (χ1v) is 10.1. The summed E-state index contributed by atoms with van der Waals surface area (Å²) in [4.78, 5) is 16.3. The number of ether oxygens (including phenoxy) is 1. The average Bonchev–Trinajstić information content (AvgIpc) is 2.98. The Morgan fingerprint density at radius 3 is 2.33 bits per heavy atom. The van der Waals surface area contributed by atoms with Crippen LogP contribution in [0.1, 0.15) is 16.7 Å². The lowest BCUT2D eigenvalue weighted by Crippen LogP contribution is -2.29. The van der Waals surface area contributed by atoms with Gasteiger partial charge in [0.05, 0.1) is 0 Å². The van der Waals surface area contributed by atoms with Crippen LogP contribution in [0.5, 0.6) is 5.75 Å². The molecule has 3 aromatic carbocycles. The number of carbonyl (C=O) groups excluding carboxylic acids is 1. The highest BCUT2D eigenvalue weighted by molar-refractivity contribution is 7.80. The molecule has 1 aliphatic rings. The fourth-order valence-electron chi connectivity index (χ4n) is 3.29. The molecule has 5 heteroatoms. The highest BCUT2D eigenvalue weighted by Crippen LogP contribution is 2.31. The van der Waals surface area contributed by atoms with E-state index in [1.807, 2.05) is 96.8 Å². The molecule has 0 N–H and O–H groups in total. The molecule has 1 saturated heterocycles. The molecule has 0 atom stereocenters. The number of thiocarbonyl (C=S) groups is 1. The van der Waals surface area contributed by atoms with Gasteiger partial charge in [-0.1, -0.05) is 66.2 Å². The van der Waals surface area contributed by atoms with Crippen molar-refractivity contribution in [2.24, 2.45) is 0 Å². The molecule has 0 aliphatic carbocycles. The predicted octanol–water partition coefficient (Wildman–Crippen LogP) is 5.18. The summed E-state index contributed by atoms with van der Waals surface area (Å²) in [7, 11) is 1.70. The largest absolute Gasteiger partial charge is 0.488 e. The molecular formula is C25H22N2O2S. The number of nitrogens with zero attached hydrogens (tertiary/aromatic N) is 2. The van der Waals surface area contributed by atoms with Crippen molar-refractivity contribution >= 4 is 35.0 Å². The van der Waals surface area contributed by atoms with Crippen LogP contribution >= 0.6 is 12.2 Å². The number of rotatable bonds is 5. The van der Waals surface area contributed by atoms with Crippen molar-refractivity contribution in [2.45, 2.75) is 13.5 Å². The van der Waals surface area contributed by atoms with E-state index in [1.54, 1.807) is 7.05 Å². The number of para-hydroxylation sites is 1. The topological polar surface area (TPSA) is 32.8 Å². The van der Waals surface area contributed by atoms with Crippen LogP contribution in [0.3, 0.4) is 0 Å². The normalized spacial score (nSPS) is 15.2. The summed E-state index contributed by atoms with van der Waals surface area (Å²) < 4.78 is 6.06. The summed E-state index contributed by atoms with van der Waals surface area (Å²) in [5.74, 6) is 0.574. The quantitative estimate of drug-likeness (QED) is 0.426. The second-order valence-corrected chi connectivity index (χ2v) is 7.52. The molecule has 0 spiro atoms. The molecule has 0 aromatic heterocycles. The SMILES string of the molecule is Cc1ccc(N2C(=S)N(C)C(=O)C2=Cc2ccccc2OCc2ccccc2)cc1. The molecule has 0 saturated carbocycles. The zero-order chi connectivity index (χ0) is 21.1. The Bertz CT molecular complexity index is 1110. The molecule has 0 unspecified atom stereocenters. The van der Waals surface area contributed by atoms with Crippen molar-refractivity contribution in [3.8, 4) is 5.75 Å². The Morgan fingerprint density at radius 1 is 0.933 bits per heavy atom. The van der Waals surface area contributed by atoms with Crippen LogP contribution < -0.4 is 9.64 Å². The minimum absolute atomic E-state index is 0.140. The monoisotopic (exact) mass is 414 g/mol. The Kier molecular flexibility index (Phi) is 5.63. The lowest BCUT2D eigenvalue weighted by molar-refractivity contribution is -0.121. The lowest BCUT2D eigenvalue weighted by Gasteiger charge is -2.19. The van der Waals surface area contributed by atoms with E-state index in [-0.39, 0.29) is 5.91 Å². The van der Waals surface area contributed by atoms with Crippen LogP contribution in [0.2, 0.25) is 0 Å². The van der Waals surface area contributed by atoms with Crippen LogP contribution in [0.4, 0.5) is 5.69 Å². The maximum absolute atomic E-state index is 12.9. The highest BCUT2D eigenvalue weighted by Gasteiger charge is 2.36. The number of hydrogen-bond donors (Lipinski definition) is 0. The zero-order valence-electron chi connectivity index (χ0n) is 16.9. The van der Waals surface area contributed by atoms with E-state index in [4.69, 9.17) is 17.0 Å². The van der Waals surface area contributed by atoms with Crippen LogP contribution in [-0.2, 0) is 11.4 Å². The lowest BCUT2D eigenvalue weighted by atomic mass is 10.1. The number of likely N-dealkylation sites (N-methyl/N-ethyl adjacent to an activating group) is 1. The number of benzene rings is 3. The van der Waals surface area contributed by atoms with Gasteiger partial charge < -0.3 is 4.74 Å². The van der Waals surface area contributed by atoms with Gasteiger partial charge in [0.25, 0.3) is 5.91 Å². The van der Waals surface area contributed by atoms with Crippen molar-refractivity contribution < 1.29 is 9.53 Å². The van der Waals surface area contributed by atoms with E-state index in [9.17, 15) is 4.79 Å². The van der Waals surface area contributed by atoms with E-state index in [1.165, 1.54) is 4.90 Å². The number of hydrogen-bond acceptors (Lipinski definition) is 3. The number of amides is 1. The summed E-state index contributed by atoms with van der Waals surface area (Å²) in [5, 5.41) is 0.456.